The normalized spacial score (nSPS) is 10.5. The Morgan fingerprint density at radius 1 is 1.09 bits per heavy atom. The summed E-state index contributed by atoms with van der Waals surface area (Å²) in [5, 5.41) is 8.92. The quantitative estimate of drug-likeness (QED) is 0.801. The topological polar surface area (TPSA) is 76.7 Å². The summed E-state index contributed by atoms with van der Waals surface area (Å²) >= 11 is 0. The molecule has 5 nitrogen and oxygen atoms in total. The lowest BCUT2D eigenvalue weighted by atomic mass is 10.1. The summed E-state index contributed by atoms with van der Waals surface area (Å²) in [6, 6.07) is 15.5. The van der Waals surface area contributed by atoms with Gasteiger partial charge in [0.1, 0.15) is 22.5 Å². The third-order valence-corrected chi connectivity index (χ3v) is 3.13. The van der Waals surface area contributed by atoms with Crippen LogP contribution in [0.25, 0.3) is 22.3 Å². The number of ether oxygens (including phenoxy) is 1. The zero-order valence-corrected chi connectivity index (χ0v) is 11.5. The Morgan fingerprint density at radius 3 is 2.59 bits per heavy atom. The number of rotatable bonds is 4. The highest BCUT2D eigenvalue weighted by atomic mass is 16.5. The lowest BCUT2D eigenvalue weighted by molar-refractivity contribution is -0.139. The van der Waals surface area contributed by atoms with Crippen molar-refractivity contribution in [2.24, 2.45) is 0 Å². The lowest BCUT2D eigenvalue weighted by Crippen LogP contribution is -2.11. The van der Waals surface area contributed by atoms with Crippen molar-refractivity contribution in [1.82, 2.24) is 0 Å². The summed E-state index contributed by atoms with van der Waals surface area (Å²) in [4.78, 5) is 23.0. The molecule has 5 heteroatoms. The van der Waals surface area contributed by atoms with Crippen LogP contribution in [0.4, 0.5) is 0 Å². The molecule has 110 valence electrons. The van der Waals surface area contributed by atoms with E-state index < -0.39 is 12.6 Å². The van der Waals surface area contributed by atoms with Gasteiger partial charge in [0.15, 0.2) is 12.0 Å². The second-order valence-corrected chi connectivity index (χ2v) is 4.65. The molecule has 0 aliphatic heterocycles. The first-order valence-electron chi connectivity index (χ1n) is 6.62. The molecule has 0 saturated heterocycles. The fourth-order valence-corrected chi connectivity index (χ4v) is 2.18. The highest BCUT2D eigenvalue weighted by Crippen LogP contribution is 2.27. The molecule has 3 aromatic rings. The molecule has 0 aliphatic carbocycles. The van der Waals surface area contributed by atoms with E-state index in [9.17, 15) is 9.59 Å². The van der Waals surface area contributed by atoms with Gasteiger partial charge >= 0.3 is 5.97 Å². The van der Waals surface area contributed by atoms with Gasteiger partial charge in [0.25, 0.3) is 0 Å². The molecule has 0 unspecified atom stereocenters. The third kappa shape index (κ3) is 2.69. The molecule has 1 N–H and O–H groups in total. The van der Waals surface area contributed by atoms with Crippen molar-refractivity contribution >= 4 is 16.9 Å². The summed E-state index contributed by atoms with van der Waals surface area (Å²) in [7, 11) is 0. The zero-order valence-electron chi connectivity index (χ0n) is 11.5. The zero-order chi connectivity index (χ0) is 15.5. The van der Waals surface area contributed by atoms with Crippen LogP contribution in [-0.2, 0) is 4.79 Å². The Balaban J connectivity index is 2.13. The predicted molar refractivity (Wildman–Crippen MR) is 81.1 cm³/mol. The fraction of sp³-hybridized carbons (Fsp3) is 0.0588. The summed E-state index contributed by atoms with van der Waals surface area (Å²) < 4.78 is 10.9. The molecule has 0 atom stereocenters. The molecule has 3 rings (SSSR count). The van der Waals surface area contributed by atoms with Gasteiger partial charge in [0.05, 0.1) is 0 Å². The van der Waals surface area contributed by atoms with E-state index in [0.29, 0.717) is 11.3 Å². The van der Waals surface area contributed by atoms with Crippen LogP contribution in [0.3, 0.4) is 0 Å². The molecule has 1 aromatic heterocycles. The van der Waals surface area contributed by atoms with Crippen molar-refractivity contribution in [1.29, 1.82) is 0 Å². The van der Waals surface area contributed by atoms with Gasteiger partial charge in [-0.25, -0.2) is 4.79 Å². The predicted octanol–water partition coefficient (Wildman–Crippen LogP) is 2.92. The number of carbonyl (C=O) groups is 1. The van der Waals surface area contributed by atoms with E-state index in [1.165, 1.54) is 6.07 Å². The first kappa shape index (κ1) is 13.9. The van der Waals surface area contributed by atoms with Crippen LogP contribution in [0.15, 0.2) is 63.8 Å². The van der Waals surface area contributed by atoms with E-state index in [1.54, 1.807) is 18.2 Å². The number of fused-ring (bicyclic) bond motifs is 1. The van der Waals surface area contributed by atoms with Crippen molar-refractivity contribution in [2.45, 2.75) is 0 Å². The molecule has 0 bridgehead atoms. The number of aliphatic carboxylic acids is 1. The summed E-state index contributed by atoms with van der Waals surface area (Å²) in [5.74, 6) is -0.455. The van der Waals surface area contributed by atoms with Crippen LogP contribution in [0.2, 0.25) is 0 Å². The standard InChI is InChI=1S/C17H12O5/c18-12-9-15(11-5-2-1-3-6-11)22-14-8-4-7-13(17(12)14)21-10-16(19)20/h1-9H,10H2,(H,19,20). The molecule has 0 saturated carbocycles. The minimum absolute atomic E-state index is 0.202. The average molecular weight is 296 g/mol. The van der Waals surface area contributed by atoms with E-state index in [1.807, 2.05) is 30.3 Å². The maximum Gasteiger partial charge on any atom is 0.341 e. The molecule has 0 aliphatic rings. The van der Waals surface area contributed by atoms with Gasteiger partial charge in [-0.1, -0.05) is 36.4 Å². The van der Waals surface area contributed by atoms with Crippen LogP contribution in [0.5, 0.6) is 5.75 Å². The Morgan fingerprint density at radius 2 is 1.86 bits per heavy atom. The van der Waals surface area contributed by atoms with Gasteiger partial charge in [-0.2, -0.15) is 0 Å². The summed E-state index contributed by atoms with van der Waals surface area (Å²) in [5.41, 5.74) is 0.869. The first-order chi connectivity index (χ1) is 10.6. The van der Waals surface area contributed by atoms with Gasteiger partial charge < -0.3 is 14.3 Å². The monoisotopic (exact) mass is 296 g/mol. The maximum atomic E-state index is 12.4. The van der Waals surface area contributed by atoms with Crippen molar-refractivity contribution < 1.29 is 19.1 Å². The molecular formula is C17H12O5. The Labute approximate surface area is 125 Å². The largest absolute Gasteiger partial charge is 0.481 e. The molecule has 0 amide bonds. The first-order valence-corrected chi connectivity index (χ1v) is 6.62. The summed E-state index contributed by atoms with van der Waals surface area (Å²) in [6.45, 7) is -0.515. The van der Waals surface area contributed by atoms with Gasteiger partial charge in [0.2, 0.25) is 0 Å². The highest BCUT2D eigenvalue weighted by molar-refractivity contribution is 5.85. The number of carboxylic acid groups (broad SMARTS) is 1. The van der Waals surface area contributed by atoms with Gasteiger partial charge in [-0.15, -0.1) is 0 Å². The second-order valence-electron chi connectivity index (χ2n) is 4.65. The maximum absolute atomic E-state index is 12.4. The minimum Gasteiger partial charge on any atom is -0.481 e. The van der Waals surface area contributed by atoms with Crippen molar-refractivity contribution in [3.63, 3.8) is 0 Å². The smallest absolute Gasteiger partial charge is 0.341 e. The average Bonchev–Trinajstić information content (AvgIpc) is 2.53. The Hall–Kier alpha value is -3.08. The molecular weight excluding hydrogens is 284 g/mol. The Bertz CT molecular complexity index is 880. The number of benzene rings is 2. The van der Waals surface area contributed by atoms with E-state index in [0.717, 1.165) is 5.56 Å². The van der Waals surface area contributed by atoms with E-state index in [4.69, 9.17) is 14.3 Å². The van der Waals surface area contributed by atoms with Crippen molar-refractivity contribution in [2.75, 3.05) is 6.61 Å². The van der Waals surface area contributed by atoms with E-state index in [2.05, 4.69) is 0 Å². The minimum atomic E-state index is -1.11. The van der Waals surface area contributed by atoms with Gasteiger partial charge in [0, 0.05) is 11.6 Å². The molecule has 0 spiro atoms. The summed E-state index contributed by atoms with van der Waals surface area (Å²) in [6.07, 6.45) is 0. The van der Waals surface area contributed by atoms with Crippen molar-refractivity contribution in [3.05, 3.63) is 64.8 Å². The molecule has 1 heterocycles. The van der Waals surface area contributed by atoms with Crippen LogP contribution in [-0.4, -0.2) is 17.7 Å². The molecule has 2 aromatic carbocycles. The third-order valence-electron chi connectivity index (χ3n) is 3.13. The van der Waals surface area contributed by atoms with Crippen molar-refractivity contribution in [3.8, 4) is 17.1 Å². The van der Waals surface area contributed by atoms with Gasteiger partial charge in [-0.05, 0) is 12.1 Å². The highest BCUT2D eigenvalue weighted by Gasteiger charge is 2.12. The number of carboxylic acids is 1. The van der Waals surface area contributed by atoms with Crippen LogP contribution >= 0.6 is 0 Å². The molecule has 0 fully saturated rings. The number of hydrogen-bond donors (Lipinski definition) is 1. The second kappa shape index (κ2) is 5.73. The molecule has 0 radical (unpaired) electrons. The SMILES string of the molecule is O=C(O)COc1cccc2oc(-c3ccccc3)cc(=O)c12. The van der Waals surface area contributed by atoms with Crippen LogP contribution < -0.4 is 10.2 Å². The van der Waals surface area contributed by atoms with E-state index in [-0.39, 0.29) is 16.6 Å². The number of hydrogen-bond acceptors (Lipinski definition) is 4. The fourth-order valence-electron chi connectivity index (χ4n) is 2.18. The van der Waals surface area contributed by atoms with Crippen LogP contribution in [0.1, 0.15) is 0 Å². The lowest BCUT2D eigenvalue weighted by Gasteiger charge is -2.07. The molecule has 22 heavy (non-hydrogen) atoms. The Kier molecular flexibility index (Phi) is 3.62. The van der Waals surface area contributed by atoms with Gasteiger partial charge in [-0.3, -0.25) is 4.79 Å². The van der Waals surface area contributed by atoms with E-state index >= 15 is 0 Å². The van der Waals surface area contributed by atoms with Crippen LogP contribution in [0, 0.1) is 0 Å².